The van der Waals surface area contributed by atoms with Gasteiger partial charge in [0.25, 0.3) is 0 Å². The van der Waals surface area contributed by atoms with Gasteiger partial charge in [0.05, 0.1) is 25.5 Å². The van der Waals surface area contributed by atoms with E-state index in [1.165, 1.54) is 0 Å². The van der Waals surface area contributed by atoms with Crippen molar-refractivity contribution in [2.45, 2.75) is 46.2 Å². The van der Waals surface area contributed by atoms with E-state index in [0.717, 1.165) is 32.0 Å². The van der Waals surface area contributed by atoms with Crippen LogP contribution in [-0.2, 0) is 11.3 Å². The van der Waals surface area contributed by atoms with E-state index in [-0.39, 0.29) is 6.84 Å². The van der Waals surface area contributed by atoms with Gasteiger partial charge in [-0.25, -0.2) is 0 Å². The Labute approximate surface area is 110 Å². The second kappa shape index (κ2) is 5.36. The molecule has 1 aromatic heterocycles. The van der Waals surface area contributed by atoms with Crippen molar-refractivity contribution in [3.8, 4) is 0 Å². The molecule has 0 saturated carbocycles. The minimum absolute atomic E-state index is 0. The Bertz CT molecular complexity index is 388. The van der Waals surface area contributed by atoms with Crippen molar-refractivity contribution in [2.24, 2.45) is 5.41 Å². The van der Waals surface area contributed by atoms with Crippen LogP contribution in [-0.4, -0.2) is 40.8 Å². The van der Waals surface area contributed by atoms with E-state index >= 15 is 0 Å². The van der Waals surface area contributed by atoms with Crippen LogP contribution in [0.4, 0.5) is 0 Å². The van der Waals surface area contributed by atoms with E-state index < -0.39 is 0 Å². The molecule has 0 aromatic carbocycles. The molecule has 0 spiro atoms. The van der Waals surface area contributed by atoms with Crippen LogP contribution in [0.15, 0.2) is 6.20 Å². The zero-order valence-electron chi connectivity index (χ0n) is 11.8. The lowest BCUT2D eigenvalue weighted by molar-refractivity contribution is -0.122. The van der Waals surface area contributed by atoms with E-state index in [2.05, 4.69) is 49.5 Å². The van der Waals surface area contributed by atoms with Crippen LogP contribution < -0.4 is 5.32 Å². The van der Waals surface area contributed by atoms with Crippen LogP contribution >= 0.6 is 0 Å². The number of rotatable bonds is 6. The minimum atomic E-state index is 0. The van der Waals surface area contributed by atoms with Gasteiger partial charge in [-0.15, -0.1) is 5.10 Å². The molecule has 0 atom stereocenters. The second-order valence-electron chi connectivity index (χ2n) is 6.02. The third kappa shape index (κ3) is 3.09. The van der Waals surface area contributed by atoms with Gasteiger partial charge >= 0.3 is 0 Å². The number of nitrogens with one attached hydrogen (secondary N) is 1. The van der Waals surface area contributed by atoms with Crippen LogP contribution in [0.5, 0.6) is 0 Å². The Hall–Kier alpha value is -0.940. The van der Waals surface area contributed by atoms with E-state index in [4.69, 9.17) is 4.74 Å². The zero-order chi connectivity index (χ0) is 13.2. The van der Waals surface area contributed by atoms with Crippen molar-refractivity contribution in [2.75, 3.05) is 19.8 Å². The lowest BCUT2D eigenvalue weighted by Gasteiger charge is -2.41. The summed E-state index contributed by atoms with van der Waals surface area (Å²) in [6.07, 6.45) is 2.06. The summed E-state index contributed by atoms with van der Waals surface area (Å²) in [4.78, 5) is 0. The quantitative estimate of drug-likeness (QED) is 0.839. The molecule has 1 aliphatic rings. The lowest BCUT2D eigenvalue weighted by atomic mass is 9.85. The van der Waals surface area contributed by atoms with Gasteiger partial charge in [0.2, 0.25) is 0 Å². The predicted octanol–water partition coefficient (Wildman–Crippen LogP) is 1.66. The molecule has 2 rings (SSSR count). The first-order chi connectivity index (χ1) is 8.51. The Morgan fingerprint density at radius 1 is 1.44 bits per heavy atom. The lowest BCUT2D eigenvalue weighted by Crippen LogP contribution is -2.53. The normalized spacial score (nSPS) is 18.3. The molecule has 0 unspecified atom stereocenters. The van der Waals surface area contributed by atoms with E-state index in [0.29, 0.717) is 12.0 Å². The van der Waals surface area contributed by atoms with E-state index in [1.54, 1.807) is 0 Å². The van der Waals surface area contributed by atoms with Crippen LogP contribution in [0.1, 0.15) is 40.7 Å². The van der Waals surface area contributed by atoms with Crippen molar-refractivity contribution in [1.82, 2.24) is 20.3 Å². The molecule has 2 heterocycles. The van der Waals surface area contributed by atoms with Crippen molar-refractivity contribution < 1.29 is 6.16 Å². The molecule has 0 radical (unpaired) electrons. The summed E-state index contributed by atoms with van der Waals surface area (Å²) in [6, 6.07) is 0.504. The molecule has 18 heavy (non-hydrogen) atoms. The first-order valence-corrected chi connectivity index (χ1v) is 6.72. The van der Waals surface area contributed by atoms with E-state index in [9.17, 15) is 0 Å². The van der Waals surface area contributed by atoms with Gasteiger partial charge in [0.15, 0.2) is 0 Å². The highest BCUT2D eigenvalue weighted by Gasteiger charge is 2.39. The average molecular weight is 254 g/mol. The van der Waals surface area contributed by atoms with Crippen LogP contribution in [0.2, 0.25) is 0 Å². The number of hydrogen-bond donors (Lipinski definition) is 1. The summed E-state index contributed by atoms with van der Waals surface area (Å²) in [5.41, 5.74) is 1.24. The van der Waals surface area contributed by atoms with Crippen molar-refractivity contribution in [3.63, 3.8) is 0 Å². The molecule has 0 amide bonds. The second-order valence-corrected chi connectivity index (χ2v) is 6.02. The summed E-state index contributed by atoms with van der Waals surface area (Å²) in [6.45, 7) is 12.1. The smallest absolute Gasteiger partial charge is 0.0852 e. The SMILES string of the molecule is CC(C)NCC1(Cn2cc(C(C)C)nn2)COC1.[HH]. The standard InChI is InChI=1S/C13H24N4O.H2/c1-10(2)12-5-17(16-15-12)7-13(8-18-9-13)6-14-11(3)4;/h5,10-11,14H,6-9H2,1-4H3;1H. The molecule has 1 N–H and O–H groups in total. The Morgan fingerprint density at radius 2 is 2.17 bits per heavy atom. The fourth-order valence-electron chi connectivity index (χ4n) is 2.06. The van der Waals surface area contributed by atoms with Gasteiger partial charge in [-0.3, -0.25) is 4.68 Å². The number of nitrogens with zero attached hydrogens (tertiary/aromatic N) is 3. The maximum Gasteiger partial charge on any atom is 0.0852 e. The fourth-order valence-corrected chi connectivity index (χ4v) is 2.06. The van der Waals surface area contributed by atoms with Crippen LogP contribution in [0.25, 0.3) is 0 Å². The largest absolute Gasteiger partial charge is 0.380 e. The molecule has 104 valence electrons. The summed E-state index contributed by atoms with van der Waals surface area (Å²) in [5.74, 6) is 0.432. The molecule has 5 heteroatoms. The topological polar surface area (TPSA) is 52.0 Å². The molecular formula is C13H26N4O. The van der Waals surface area contributed by atoms with Crippen LogP contribution in [0, 0.1) is 5.41 Å². The highest BCUT2D eigenvalue weighted by atomic mass is 16.5. The third-order valence-corrected chi connectivity index (χ3v) is 3.35. The van der Waals surface area contributed by atoms with Gasteiger partial charge in [-0.1, -0.05) is 32.9 Å². The Balaban J connectivity index is 0.00000180. The fraction of sp³-hybridized carbons (Fsp3) is 0.846. The van der Waals surface area contributed by atoms with Gasteiger partial charge < -0.3 is 10.1 Å². The molecular weight excluding hydrogens is 228 g/mol. The van der Waals surface area contributed by atoms with Crippen molar-refractivity contribution in [1.29, 1.82) is 0 Å². The summed E-state index contributed by atoms with van der Waals surface area (Å²) in [5, 5.41) is 11.9. The van der Waals surface area contributed by atoms with Crippen molar-refractivity contribution in [3.05, 3.63) is 11.9 Å². The first-order valence-electron chi connectivity index (χ1n) is 6.72. The van der Waals surface area contributed by atoms with Gasteiger partial charge in [0, 0.05) is 25.6 Å². The van der Waals surface area contributed by atoms with Crippen molar-refractivity contribution >= 4 is 0 Å². The molecule has 0 bridgehead atoms. The molecule has 1 fully saturated rings. The molecule has 5 nitrogen and oxygen atoms in total. The van der Waals surface area contributed by atoms with Crippen LogP contribution in [0.3, 0.4) is 0 Å². The maximum absolute atomic E-state index is 5.40. The van der Waals surface area contributed by atoms with Gasteiger partial charge in [-0.05, 0) is 5.92 Å². The maximum atomic E-state index is 5.40. The van der Waals surface area contributed by atoms with E-state index in [1.807, 2.05) is 4.68 Å². The Kier molecular flexibility index (Phi) is 4.02. The Morgan fingerprint density at radius 3 is 2.61 bits per heavy atom. The zero-order valence-corrected chi connectivity index (χ0v) is 11.8. The molecule has 1 aromatic rings. The first kappa shape index (κ1) is 13.5. The third-order valence-electron chi connectivity index (χ3n) is 3.35. The average Bonchev–Trinajstić information content (AvgIpc) is 2.70. The molecule has 1 saturated heterocycles. The highest BCUT2D eigenvalue weighted by Crippen LogP contribution is 2.29. The summed E-state index contributed by atoms with van der Waals surface area (Å²) < 4.78 is 7.35. The number of aromatic nitrogens is 3. The molecule has 1 aliphatic heterocycles. The van der Waals surface area contributed by atoms with Gasteiger partial charge in [0.1, 0.15) is 0 Å². The summed E-state index contributed by atoms with van der Waals surface area (Å²) >= 11 is 0. The number of hydrogen-bond acceptors (Lipinski definition) is 4. The highest BCUT2D eigenvalue weighted by molar-refractivity contribution is 4.99. The monoisotopic (exact) mass is 254 g/mol. The minimum Gasteiger partial charge on any atom is -0.380 e. The molecule has 0 aliphatic carbocycles. The predicted molar refractivity (Wildman–Crippen MR) is 72.6 cm³/mol. The van der Waals surface area contributed by atoms with Gasteiger partial charge in [-0.2, -0.15) is 0 Å². The summed E-state index contributed by atoms with van der Waals surface area (Å²) in [7, 11) is 0. The number of ether oxygens (including phenoxy) is 1.